The number of nitrogens with zero attached hydrogens (tertiary/aromatic N) is 2. The van der Waals surface area contributed by atoms with E-state index in [1.54, 1.807) is 24.3 Å². The summed E-state index contributed by atoms with van der Waals surface area (Å²) in [7, 11) is 0. The van der Waals surface area contributed by atoms with Crippen LogP contribution in [0.25, 0.3) is 0 Å². The Bertz CT molecular complexity index is 761. The average molecular weight is 318 g/mol. The van der Waals surface area contributed by atoms with Crippen LogP contribution in [0.4, 0.5) is 11.4 Å². The third-order valence-corrected chi connectivity index (χ3v) is 3.18. The van der Waals surface area contributed by atoms with E-state index in [1.165, 1.54) is 12.4 Å². The quantitative estimate of drug-likeness (QED) is 0.774. The van der Waals surface area contributed by atoms with Gasteiger partial charge in [-0.1, -0.05) is 36.4 Å². The maximum atomic E-state index is 12.1. The summed E-state index contributed by atoms with van der Waals surface area (Å²) >= 11 is 0. The van der Waals surface area contributed by atoms with Gasteiger partial charge in [0.15, 0.2) is 0 Å². The molecule has 3 aromatic rings. The average Bonchev–Trinajstić information content (AvgIpc) is 2.63. The normalized spacial score (nSPS) is 10.0. The molecule has 0 unspecified atom stereocenters. The molecule has 0 atom stereocenters. The summed E-state index contributed by atoms with van der Waals surface area (Å²) in [6, 6.07) is 18.1. The minimum Gasteiger partial charge on any atom is -0.321 e. The standard InChI is InChI=1S/C18H14N4O2/c23-17(21-13-7-3-1-4-8-13)15-11-20-16(12-19-15)18(24)22-14-9-5-2-6-10-14/h1-12H,(H,21,23)(H,22,24). The molecule has 0 saturated heterocycles. The van der Waals surface area contributed by atoms with E-state index in [0.717, 1.165) is 0 Å². The second kappa shape index (κ2) is 7.15. The third-order valence-electron chi connectivity index (χ3n) is 3.18. The highest BCUT2D eigenvalue weighted by molar-refractivity contribution is 6.04. The zero-order valence-electron chi connectivity index (χ0n) is 12.6. The predicted molar refractivity (Wildman–Crippen MR) is 90.8 cm³/mol. The lowest BCUT2D eigenvalue weighted by atomic mass is 10.3. The molecular formula is C18H14N4O2. The molecule has 6 heteroatoms. The fourth-order valence-electron chi connectivity index (χ4n) is 2.00. The highest BCUT2D eigenvalue weighted by Crippen LogP contribution is 2.09. The molecule has 0 aliphatic heterocycles. The Labute approximate surface area is 138 Å². The molecule has 2 N–H and O–H groups in total. The van der Waals surface area contributed by atoms with Crippen LogP contribution in [0.3, 0.4) is 0 Å². The van der Waals surface area contributed by atoms with Crippen molar-refractivity contribution in [2.45, 2.75) is 0 Å². The minimum absolute atomic E-state index is 0.134. The number of hydrogen-bond donors (Lipinski definition) is 2. The van der Waals surface area contributed by atoms with Crippen LogP contribution in [-0.4, -0.2) is 21.8 Å². The van der Waals surface area contributed by atoms with E-state index in [0.29, 0.717) is 11.4 Å². The molecule has 0 saturated carbocycles. The molecule has 0 aliphatic rings. The second-order valence-electron chi connectivity index (χ2n) is 4.93. The molecule has 3 rings (SSSR count). The van der Waals surface area contributed by atoms with Crippen LogP contribution in [0.5, 0.6) is 0 Å². The van der Waals surface area contributed by atoms with Gasteiger partial charge in [0, 0.05) is 11.4 Å². The Morgan fingerprint density at radius 3 is 1.33 bits per heavy atom. The summed E-state index contributed by atoms with van der Waals surface area (Å²) in [5.74, 6) is -0.771. The lowest BCUT2D eigenvalue weighted by molar-refractivity contribution is 0.100. The zero-order chi connectivity index (χ0) is 16.8. The van der Waals surface area contributed by atoms with Gasteiger partial charge in [0.25, 0.3) is 11.8 Å². The fraction of sp³-hybridized carbons (Fsp3) is 0. The Balaban J connectivity index is 1.66. The lowest BCUT2D eigenvalue weighted by Crippen LogP contribution is -2.17. The van der Waals surface area contributed by atoms with E-state index in [-0.39, 0.29) is 23.2 Å². The van der Waals surface area contributed by atoms with Crippen LogP contribution < -0.4 is 10.6 Å². The molecule has 6 nitrogen and oxygen atoms in total. The first kappa shape index (κ1) is 15.4. The van der Waals surface area contributed by atoms with Crippen LogP contribution in [-0.2, 0) is 0 Å². The number of amides is 2. The summed E-state index contributed by atoms with van der Waals surface area (Å²) in [5, 5.41) is 5.41. The number of rotatable bonds is 4. The molecule has 2 amide bonds. The Kier molecular flexibility index (Phi) is 4.57. The number of benzene rings is 2. The first-order valence-corrected chi connectivity index (χ1v) is 7.27. The van der Waals surface area contributed by atoms with Gasteiger partial charge < -0.3 is 10.6 Å². The molecule has 118 valence electrons. The Morgan fingerprint density at radius 1 is 0.625 bits per heavy atom. The van der Waals surface area contributed by atoms with Crippen molar-refractivity contribution in [3.05, 3.63) is 84.4 Å². The molecule has 0 fully saturated rings. The fourth-order valence-corrected chi connectivity index (χ4v) is 2.00. The monoisotopic (exact) mass is 318 g/mol. The van der Waals surface area contributed by atoms with Crippen LogP contribution in [0.2, 0.25) is 0 Å². The highest BCUT2D eigenvalue weighted by Gasteiger charge is 2.12. The maximum Gasteiger partial charge on any atom is 0.275 e. The molecule has 24 heavy (non-hydrogen) atoms. The first-order valence-electron chi connectivity index (χ1n) is 7.27. The molecule has 0 radical (unpaired) electrons. The first-order chi connectivity index (χ1) is 11.7. The molecule has 0 aliphatic carbocycles. The maximum absolute atomic E-state index is 12.1. The van der Waals surface area contributed by atoms with Gasteiger partial charge in [-0.05, 0) is 24.3 Å². The number of anilines is 2. The number of hydrogen-bond acceptors (Lipinski definition) is 4. The number of carbonyl (C=O) groups excluding carboxylic acids is 2. The van der Waals surface area contributed by atoms with Crippen molar-refractivity contribution in [3.8, 4) is 0 Å². The van der Waals surface area contributed by atoms with E-state index in [9.17, 15) is 9.59 Å². The summed E-state index contributed by atoms with van der Waals surface area (Å²) in [6.07, 6.45) is 2.55. The van der Waals surface area contributed by atoms with Gasteiger partial charge in [-0.3, -0.25) is 9.59 Å². The molecular weight excluding hydrogens is 304 g/mol. The summed E-state index contributed by atoms with van der Waals surface area (Å²) in [6.45, 7) is 0. The van der Waals surface area contributed by atoms with E-state index >= 15 is 0 Å². The highest BCUT2D eigenvalue weighted by atomic mass is 16.2. The van der Waals surface area contributed by atoms with Crippen molar-refractivity contribution < 1.29 is 9.59 Å². The van der Waals surface area contributed by atoms with Crippen LogP contribution >= 0.6 is 0 Å². The Morgan fingerprint density at radius 2 is 1.00 bits per heavy atom. The molecule has 1 heterocycles. The number of para-hydroxylation sites is 2. The van der Waals surface area contributed by atoms with Crippen molar-refractivity contribution in [2.24, 2.45) is 0 Å². The van der Waals surface area contributed by atoms with Crippen molar-refractivity contribution in [2.75, 3.05) is 10.6 Å². The smallest absolute Gasteiger partial charge is 0.275 e. The van der Waals surface area contributed by atoms with Crippen LogP contribution in [0.15, 0.2) is 73.1 Å². The predicted octanol–water partition coefficient (Wildman–Crippen LogP) is 2.98. The summed E-state index contributed by atoms with van der Waals surface area (Å²) in [4.78, 5) is 32.1. The number of aromatic nitrogens is 2. The largest absolute Gasteiger partial charge is 0.321 e. The van der Waals surface area contributed by atoms with Gasteiger partial charge in [-0.2, -0.15) is 0 Å². The Hall–Kier alpha value is -3.54. The van der Waals surface area contributed by atoms with Gasteiger partial charge in [0.1, 0.15) is 11.4 Å². The molecule has 2 aromatic carbocycles. The lowest BCUT2D eigenvalue weighted by Gasteiger charge is -2.06. The molecule has 0 bridgehead atoms. The van der Waals surface area contributed by atoms with E-state index in [4.69, 9.17) is 0 Å². The van der Waals surface area contributed by atoms with Crippen molar-refractivity contribution in [1.29, 1.82) is 0 Å². The minimum atomic E-state index is -0.385. The topological polar surface area (TPSA) is 84.0 Å². The number of carbonyl (C=O) groups is 2. The van der Waals surface area contributed by atoms with Gasteiger partial charge in [-0.25, -0.2) is 9.97 Å². The van der Waals surface area contributed by atoms with Gasteiger partial charge in [0.2, 0.25) is 0 Å². The second-order valence-corrected chi connectivity index (χ2v) is 4.93. The third kappa shape index (κ3) is 3.80. The van der Waals surface area contributed by atoms with E-state index in [1.807, 2.05) is 36.4 Å². The van der Waals surface area contributed by atoms with Crippen LogP contribution in [0.1, 0.15) is 21.0 Å². The zero-order valence-corrected chi connectivity index (χ0v) is 12.6. The van der Waals surface area contributed by atoms with Crippen LogP contribution in [0, 0.1) is 0 Å². The van der Waals surface area contributed by atoms with E-state index < -0.39 is 0 Å². The van der Waals surface area contributed by atoms with Gasteiger partial charge >= 0.3 is 0 Å². The SMILES string of the molecule is O=C(Nc1ccccc1)c1cnc(C(=O)Nc2ccccc2)cn1. The van der Waals surface area contributed by atoms with Crippen molar-refractivity contribution >= 4 is 23.2 Å². The van der Waals surface area contributed by atoms with Crippen molar-refractivity contribution in [1.82, 2.24) is 9.97 Å². The van der Waals surface area contributed by atoms with E-state index in [2.05, 4.69) is 20.6 Å². The van der Waals surface area contributed by atoms with Gasteiger partial charge in [0.05, 0.1) is 12.4 Å². The summed E-state index contributed by atoms with van der Waals surface area (Å²) < 4.78 is 0. The molecule has 0 spiro atoms. The van der Waals surface area contributed by atoms with Gasteiger partial charge in [-0.15, -0.1) is 0 Å². The van der Waals surface area contributed by atoms with Crippen molar-refractivity contribution in [3.63, 3.8) is 0 Å². The molecule has 1 aromatic heterocycles. The number of nitrogens with one attached hydrogen (secondary N) is 2. The summed E-state index contributed by atoms with van der Waals surface area (Å²) in [5.41, 5.74) is 1.59.